The molecular formula is C22H46IN5O2. The molecule has 1 saturated heterocycles. The molecule has 7 nitrogen and oxygen atoms in total. The van der Waals surface area contributed by atoms with Crippen molar-refractivity contribution in [2.75, 3.05) is 46.3 Å². The molecule has 2 N–H and O–H groups in total. The summed E-state index contributed by atoms with van der Waals surface area (Å²) in [7, 11) is 1.78. The van der Waals surface area contributed by atoms with Crippen LogP contribution in [0.25, 0.3) is 0 Å². The first-order valence-electron chi connectivity index (χ1n) is 11.2. The Morgan fingerprint density at radius 1 is 1.23 bits per heavy atom. The third-order valence-corrected chi connectivity index (χ3v) is 4.75. The zero-order valence-corrected chi connectivity index (χ0v) is 22.8. The van der Waals surface area contributed by atoms with Crippen molar-refractivity contribution >= 4 is 36.0 Å². The van der Waals surface area contributed by atoms with Gasteiger partial charge in [-0.25, -0.2) is 4.79 Å². The molecular weight excluding hydrogens is 493 g/mol. The lowest BCUT2D eigenvalue weighted by atomic mass is 10.0. The van der Waals surface area contributed by atoms with Crippen molar-refractivity contribution in [2.24, 2.45) is 16.8 Å². The molecule has 1 aliphatic heterocycles. The zero-order chi connectivity index (χ0) is 22.0. The molecule has 0 aromatic rings. The number of amides is 1. The molecule has 178 valence electrons. The predicted molar refractivity (Wildman–Crippen MR) is 137 cm³/mol. The number of piperidine rings is 1. The van der Waals surface area contributed by atoms with Gasteiger partial charge in [-0.3, -0.25) is 4.99 Å². The maximum Gasteiger partial charge on any atom is 0.410 e. The van der Waals surface area contributed by atoms with Gasteiger partial charge in [0.1, 0.15) is 5.60 Å². The van der Waals surface area contributed by atoms with E-state index in [1.165, 1.54) is 6.54 Å². The molecule has 1 aliphatic rings. The maximum absolute atomic E-state index is 12.1. The van der Waals surface area contributed by atoms with E-state index in [0.717, 1.165) is 44.4 Å². The van der Waals surface area contributed by atoms with Crippen molar-refractivity contribution in [1.29, 1.82) is 0 Å². The highest BCUT2D eigenvalue weighted by Crippen LogP contribution is 2.13. The predicted octanol–water partition coefficient (Wildman–Crippen LogP) is 3.78. The van der Waals surface area contributed by atoms with Crippen LogP contribution in [-0.2, 0) is 4.74 Å². The second-order valence-electron chi connectivity index (χ2n) is 9.80. The minimum atomic E-state index is -0.473. The minimum absolute atomic E-state index is 0. The Bertz CT molecular complexity index is 514. The molecule has 30 heavy (non-hydrogen) atoms. The van der Waals surface area contributed by atoms with Crippen molar-refractivity contribution in [3.05, 3.63) is 0 Å². The molecule has 1 unspecified atom stereocenters. The number of aliphatic imine (C=N–C) groups is 1. The van der Waals surface area contributed by atoms with Gasteiger partial charge >= 0.3 is 6.09 Å². The SMILES string of the molecule is CCNC(=NCC(C)CN(C)C(=O)OC(C)(C)C)NC1CCN(CC(C)C)CC1.I. The van der Waals surface area contributed by atoms with Gasteiger partial charge in [0.25, 0.3) is 0 Å². The molecule has 1 atom stereocenters. The summed E-state index contributed by atoms with van der Waals surface area (Å²) < 4.78 is 5.42. The van der Waals surface area contributed by atoms with Gasteiger partial charge in [0, 0.05) is 52.4 Å². The Morgan fingerprint density at radius 3 is 2.33 bits per heavy atom. The van der Waals surface area contributed by atoms with Crippen LogP contribution in [0, 0.1) is 11.8 Å². The van der Waals surface area contributed by atoms with Crippen molar-refractivity contribution in [1.82, 2.24) is 20.4 Å². The summed E-state index contributed by atoms with van der Waals surface area (Å²) in [6.07, 6.45) is 2.01. The lowest BCUT2D eigenvalue weighted by molar-refractivity contribution is 0.0279. The third kappa shape index (κ3) is 12.8. The highest BCUT2D eigenvalue weighted by Gasteiger charge is 2.22. The summed E-state index contributed by atoms with van der Waals surface area (Å²) in [5, 5.41) is 6.96. The Labute approximate surface area is 201 Å². The first kappa shape index (κ1) is 29.2. The molecule has 0 bridgehead atoms. The van der Waals surface area contributed by atoms with Gasteiger partial charge in [0.2, 0.25) is 0 Å². The summed E-state index contributed by atoms with van der Waals surface area (Å²) in [6, 6.07) is 0.468. The van der Waals surface area contributed by atoms with Crippen LogP contribution in [0.2, 0.25) is 0 Å². The molecule has 0 radical (unpaired) electrons. The van der Waals surface area contributed by atoms with E-state index >= 15 is 0 Å². The number of hydrogen-bond donors (Lipinski definition) is 2. The van der Waals surface area contributed by atoms with Crippen LogP contribution >= 0.6 is 24.0 Å². The average molecular weight is 540 g/mol. The zero-order valence-electron chi connectivity index (χ0n) is 20.5. The fraction of sp³-hybridized carbons (Fsp3) is 0.909. The van der Waals surface area contributed by atoms with E-state index in [1.54, 1.807) is 11.9 Å². The van der Waals surface area contributed by atoms with Crippen LogP contribution < -0.4 is 10.6 Å². The van der Waals surface area contributed by atoms with Crippen molar-refractivity contribution in [2.45, 2.75) is 73.0 Å². The molecule has 0 spiro atoms. The summed E-state index contributed by atoms with van der Waals surface area (Å²) in [5.41, 5.74) is -0.473. The van der Waals surface area contributed by atoms with Gasteiger partial charge in [-0.15, -0.1) is 24.0 Å². The number of guanidine groups is 1. The number of nitrogens with zero attached hydrogens (tertiary/aromatic N) is 3. The molecule has 0 saturated carbocycles. The van der Waals surface area contributed by atoms with E-state index in [0.29, 0.717) is 19.1 Å². The smallest absolute Gasteiger partial charge is 0.410 e. The van der Waals surface area contributed by atoms with Gasteiger partial charge in [-0.2, -0.15) is 0 Å². The van der Waals surface area contributed by atoms with E-state index in [9.17, 15) is 4.79 Å². The minimum Gasteiger partial charge on any atom is -0.444 e. The number of carbonyl (C=O) groups is 1. The van der Waals surface area contributed by atoms with E-state index < -0.39 is 5.60 Å². The Balaban J connectivity index is 0.00000841. The van der Waals surface area contributed by atoms with Crippen LogP contribution in [-0.4, -0.2) is 79.8 Å². The molecule has 1 fully saturated rings. The highest BCUT2D eigenvalue weighted by atomic mass is 127. The van der Waals surface area contributed by atoms with Crippen molar-refractivity contribution in [3.8, 4) is 0 Å². The normalized spacial score (nSPS) is 17.3. The molecule has 1 amide bonds. The molecule has 0 aliphatic carbocycles. The molecule has 8 heteroatoms. The van der Waals surface area contributed by atoms with E-state index in [2.05, 4.69) is 43.2 Å². The number of ether oxygens (including phenoxy) is 1. The highest BCUT2D eigenvalue weighted by molar-refractivity contribution is 14.0. The lowest BCUT2D eigenvalue weighted by Crippen LogP contribution is -2.49. The van der Waals surface area contributed by atoms with Crippen LogP contribution in [0.5, 0.6) is 0 Å². The van der Waals surface area contributed by atoms with Crippen LogP contribution in [0.3, 0.4) is 0 Å². The molecule has 0 aromatic heterocycles. The Hall–Kier alpha value is -0.770. The van der Waals surface area contributed by atoms with Crippen molar-refractivity contribution < 1.29 is 9.53 Å². The first-order valence-corrected chi connectivity index (χ1v) is 11.2. The Morgan fingerprint density at radius 2 is 1.83 bits per heavy atom. The summed E-state index contributed by atoms with van der Waals surface area (Å²) in [5.74, 6) is 1.84. The first-order chi connectivity index (χ1) is 13.5. The maximum atomic E-state index is 12.1. The topological polar surface area (TPSA) is 69.2 Å². The number of halogens is 1. The second-order valence-corrected chi connectivity index (χ2v) is 9.80. The largest absolute Gasteiger partial charge is 0.444 e. The fourth-order valence-corrected chi connectivity index (χ4v) is 3.48. The quantitative estimate of drug-likeness (QED) is 0.279. The van der Waals surface area contributed by atoms with Gasteiger partial charge in [-0.05, 0) is 52.4 Å². The second kappa shape index (κ2) is 14.3. The number of carbonyl (C=O) groups excluding carboxylic acids is 1. The van der Waals surface area contributed by atoms with Crippen LogP contribution in [0.1, 0.15) is 61.3 Å². The van der Waals surface area contributed by atoms with Gasteiger partial charge in [0.05, 0.1) is 0 Å². The summed E-state index contributed by atoms with van der Waals surface area (Å²) in [4.78, 5) is 21.1. The van der Waals surface area contributed by atoms with Gasteiger partial charge in [0.15, 0.2) is 5.96 Å². The third-order valence-electron chi connectivity index (χ3n) is 4.75. The molecule has 0 aromatic carbocycles. The number of rotatable bonds is 8. The van der Waals surface area contributed by atoms with E-state index in [-0.39, 0.29) is 36.0 Å². The Kier molecular flexibility index (Phi) is 14.0. The van der Waals surface area contributed by atoms with Gasteiger partial charge < -0.3 is 25.2 Å². The molecule has 1 rings (SSSR count). The van der Waals surface area contributed by atoms with Crippen LogP contribution in [0.15, 0.2) is 4.99 Å². The lowest BCUT2D eigenvalue weighted by Gasteiger charge is -2.34. The molecule has 1 heterocycles. The van der Waals surface area contributed by atoms with Gasteiger partial charge in [-0.1, -0.05) is 20.8 Å². The number of nitrogens with one attached hydrogen (secondary N) is 2. The average Bonchev–Trinajstić information content (AvgIpc) is 2.59. The summed E-state index contributed by atoms with van der Waals surface area (Å²) >= 11 is 0. The van der Waals surface area contributed by atoms with E-state index in [4.69, 9.17) is 9.73 Å². The standard InChI is InChI=1S/C22H45N5O2.HI/c1-9-23-20(25-19-10-12-27(13-11-19)15-17(2)3)24-14-18(4)16-26(8)21(28)29-22(5,6)7;/h17-19H,9-16H2,1-8H3,(H2,23,24,25);1H. The van der Waals surface area contributed by atoms with E-state index in [1.807, 2.05) is 20.8 Å². The summed E-state index contributed by atoms with van der Waals surface area (Å²) in [6.45, 7) is 20.0. The van der Waals surface area contributed by atoms with Crippen LogP contribution in [0.4, 0.5) is 4.79 Å². The van der Waals surface area contributed by atoms with Crippen molar-refractivity contribution in [3.63, 3.8) is 0 Å². The number of hydrogen-bond acceptors (Lipinski definition) is 4. The fourth-order valence-electron chi connectivity index (χ4n) is 3.48. The monoisotopic (exact) mass is 539 g/mol. The number of likely N-dealkylation sites (tertiary alicyclic amines) is 1.